The van der Waals surface area contributed by atoms with Crippen molar-refractivity contribution in [2.75, 3.05) is 19.5 Å². The minimum Gasteiger partial charge on any atom is -0.497 e. The molecule has 2 N–H and O–H groups in total. The van der Waals surface area contributed by atoms with Crippen LogP contribution in [0.1, 0.15) is 18.9 Å². The molecule has 0 aliphatic carbocycles. The van der Waals surface area contributed by atoms with Crippen molar-refractivity contribution < 1.29 is 32.0 Å². The summed E-state index contributed by atoms with van der Waals surface area (Å²) in [6.07, 6.45) is 0.288. The van der Waals surface area contributed by atoms with Crippen LogP contribution in [0.5, 0.6) is 5.75 Å². The van der Waals surface area contributed by atoms with E-state index in [2.05, 4.69) is 5.32 Å². The van der Waals surface area contributed by atoms with Crippen molar-refractivity contribution in [2.45, 2.75) is 30.8 Å². The summed E-state index contributed by atoms with van der Waals surface area (Å²) in [5.74, 6) is -2.12. The zero-order valence-electron chi connectivity index (χ0n) is 17.0. The second-order valence-electron chi connectivity index (χ2n) is 6.71. The molecule has 30 heavy (non-hydrogen) atoms. The summed E-state index contributed by atoms with van der Waals surface area (Å²) < 4.78 is 43.3. The maximum Gasteiger partial charge on any atom is 0.296 e. The second-order valence-corrected chi connectivity index (χ2v) is 8.10. The lowest BCUT2D eigenvalue weighted by molar-refractivity contribution is -0.135. The van der Waals surface area contributed by atoms with Gasteiger partial charge in [-0.25, -0.2) is 0 Å². The number of amides is 1. The first-order valence-electron chi connectivity index (χ1n) is 9.21. The van der Waals surface area contributed by atoms with Crippen LogP contribution in [0.3, 0.4) is 0 Å². The van der Waals surface area contributed by atoms with Crippen molar-refractivity contribution in [3.05, 3.63) is 54.1 Å². The first-order chi connectivity index (χ1) is 14.2. The minimum absolute atomic E-state index is 0.160. The number of methoxy groups -OCH3 is 2. The highest BCUT2D eigenvalue weighted by Gasteiger charge is 2.33. The zero-order valence-corrected chi connectivity index (χ0v) is 17.8. The molecule has 0 heterocycles. The molecule has 2 aromatic rings. The molecule has 0 saturated carbocycles. The molecule has 2 unspecified atom stereocenters. The van der Waals surface area contributed by atoms with Gasteiger partial charge >= 0.3 is 0 Å². The first kappa shape index (κ1) is 23.5. The van der Waals surface area contributed by atoms with Crippen molar-refractivity contribution in [3.8, 4) is 5.75 Å². The quantitative estimate of drug-likeness (QED) is 0.435. The number of benzene rings is 2. The summed E-state index contributed by atoms with van der Waals surface area (Å²) in [6, 6.07) is 13.3. The van der Waals surface area contributed by atoms with Crippen molar-refractivity contribution in [1.29, 1.82) is 0 Å². The Morgan fingerprint density at radius 1 is 1.10 bits per heavy atom. The molecule has 9 heteroatoms. The lowest BCUT2D eigenvalue weighted by Gasteiger charge is -2.24. The fourth-order valence-corrected chi connectivity index (χ4v) is 3.81. The summed E-state index contributed by atoms with van der Waals surface area (Å²) in [7, 11) is -1.89. The molecule has 2 atom stereocenters. The number of Topliss-reactive ketones (excluding diaryl/α,β-unsaturated/α-hetero) is 1. The molecule has 0 spiro atoms. The van der Waals surface area contributed by atoms with Crippen LogP contribution in [0, 0.1) is 5.92 Å². The summed E-state index contributed by atoms with van der Waals surface area (Å²) in [5.41, 5.74) is 0.874. The first-order valence-corrected chi connectivity index (χ1v) is 10.6. The highest BCUT2D eigenvalue weighted by molar-refractivity contribution is 7.86. The highest BCUT2D eigenvalue weighted by atomic mass is 32.2. The summed E-state index contributed by atoms with van der Waals surface area (Å²) in [5, 5.41) is 2.43. The lowest BCUT2D eigenvalue weighted by atomic mass is 9.92. The Morgan fingerprint density at radius 2 is 1.77 bits per heavy atom. The molecule has 0 fully saturated rings. The summed E-state index contributed by atoms with van der Waals surface area (Å²) in [4.78, 5) is 24.6. The molecule has 2 aromatic carbocycles. The molecular formula is C21H25NO7S. The predicted molar refractivity (Wildman–Crippen MR) is 111 cm³/mol. The van der Waals surface area contributed by atoms with Crippen LogP contribution in [0.25, 0.3) is 0 Å². The molecule has 0 radical (unpaired) electrons. The van der Waals surface area contributed by atoms with Gasteiger partial charge in [-0.05, 0) is 37.5 Å². The third-order valence-electron chi connectivity index (χ3n) is 4.68. The Labute approximate surface area is 176 Å². The summed E-state index contributed by atoms with van der Waals surface area (Å²) >= 11 is 0. The van der Waals surface area contributed by atoms with E-state index in [1.54, 1.807) is 0 Å². The van der Waals surface area contributed by atoms with Crippen molar-refractivity contribution in [2.24, 2.45) is 5.92 Å². The fraction of sp³-hybridized carbons (Fsp3) is 0.333. The van der Waals surface area contributed by atoms with Gasteiger partial charge in [-0.2, -0.15) is 8.42 Å². The molecule has 0 bridgehead atoms. The van der Waals surface area contributed by atoms with E-state index in [1.807, 2.05) is 30.3 Å². The SMILES string of the molecule is COc1ccc(NC(=O)C(C(C)=O)C(CCc2ccccc2)OC)c(S(=O)(=O)O)c1. The van der Waals surface area contributed by atoms with E-state index in [4.69, 9.17) is 9.47 Å². The molecule has 2 rings (SSSR count). The largest absolute Gasteiger partial charge is 0.497 e. The molecule has 0 aromatic heterocycles. The van der Waals surface area contributed by atoms with Crippen LogP contribution in [0.4, 0.5) is 5.69 Å². The third-order valence-corrected chi connectivity index (χ3v) is 5.57. The number of rotatable bonds is 10. The Hall–Kier alpha value is -2.75. The van der Waals surface area contributed by atoms with Crippen LogP contribution < -0.4 is 10.1 Å². The number of aryl methyl sites for hydroxylation is 1. The van der Waals surface area contributed by atoms with Crippen LogP contribution >= 0.6 is 0 Å². The number of ketones is 1. The topological polar surface area (TPSA) is 119 Å². The molecule has 0 aliphatic heterocycles. The predicted octanol–water partition coefficient (Wildman–Crippen LogP) is 2.73. The number of carbonyl (C=O) groups is 2. The molecule has 0 saturated heterocycles. The van der Waals surface area contributed by atoms with Crippen LogP contribution in [-0.4, -0.2) is 45.0 Å². The number of anilines is 1. The average molecular weight is 435 g/mol. The van der Waals surface area contributed by atoms with Crippen LogP contribution in [-0.2, 0) is 30.9 Å². The third kappa shape index (κ3) is 6.12. The highest BCUT2D eigenvalue weighted by Crippen LogP contribution is 2.27. The van der Waals surface area contributed by atoms with Gasteiger partial charge in [-0.1, -0.05) is 30.3 Å². The normalized spacial score (nSPS) is 13.3. The van der Waals surface area contributed by atoms with Gasteiger partial charge in [0.2, 0.25) is 5.91 Å². The lowest BCUT2D eigenvalue weighted by Crippen LogP contribution is -2.39. The van der Waals surface area contributed by atoms with E-state index in [0.717, 1.165) is 11.6 Å². The number of carbonyl (C=O) groups excluding carboxylic acids is 2. The standard InChI is InChI=1S/C21H25NO7S/c1-14(23)20(18(29-3)12-9-15-7-5-4-6-8-15)21(24)22-17-11-10-16(28-2)13-19(17)30(25,26)27/h4-8,10-11,13,18,20H,9,12H2,1-3H3,(H,22,24)(H,25,26,27). The van der Waals surface area contributed by atoms with E-state index in [9.17, 15) is 22.6 Å². The monoisotopic (exact) mass is 435 g/mol. The maximum absolute atomic E-state index is 12.9. The van der Waals surface area contributed by atoms with Crippen molar-refractivity contribution in [1.82, 2.24) is 0 Å². The van der Waals surface area contributed by atoms with Gasteiger partial charge in [0, 0.05) is 13.2 Å². The van der Waals surface area contributed by atoms with E-state index in [0.29, 0.717) is 12.8 Å². The van der Waals surface area contributed by atoms with E-state index in [-0.39, 0.29) is 11.4 Å². The van der Waals surface area contributed by atoms with Crippen molar-refractivity contribution >= 4 is 27.5 Å². The Morgan fingerprint density at radius 3 is 2.30 bits per heavy atom. The van der Waals surface area contributed by atoms with Gasteiger partial charge in [0.1, 0.15) is 22.3 Å². The Balaban J connectivity index is 2.25. The molecular weight excluding hydrogens is 410 g/mol. The average Bonchev–Trinajstić information content (AvgIpc) is 2.70. The Bertz CT molecular complexity index is 990. The van der Waals surface area contributed by atoms with Gasteiger partial charge in [0.05, 0.1) is 18.9 Å². The molecule has 1 amide bonds. The minimum atomic E-state index is -4.64. The maximum atomic E-state index is 12.9. The van der Waals surface area contributed by atoms with Gasteiger partial charge in [0.15, 0.2) is 0 Å². The number of hydrogen-bond acceptors (Lipinski definition) is 6. The van der Waals surface area contributed by atoms with E-state index in [1.165, 1.54) is 33.3 Å². The number of nitrogens with one attached hydrogen (secondary N) is 1. The van der Waals surface area contributed by atoms with Gasteiger partial charge in [-0.3, -0.25) is 14.1 Å². The van der Waals surface area contributed by atoms with Gasteiger partial charge in [0.25, 0.3) is 10.1 Å². The van der Waals surface area contributed by atoms with E-state index >= 15 is 0 Å². The smallest absolute Gasteiger partial charge is 0.296 e. The van der Waals surface area contributed by atoms with Crippen molar-refractivity contribution in [3.63, 3.8) is 0 Å². The summed E-state index contributed by atoms with van der Waals surface area (Å²) in [6.45, 7) is 1.27. The van der Waals surface area contributed by atoms with Crippen LogP contribution in [0.2, 0.25) is 0 Å². The van der Waals surface area contributed by atoms with Crippen LogP contribution in [0.15, 0.2) is 53.4 Å². The second kappa shape index (κ2) is 10.3. The fourth-order valence-electron chi connectivity index (χ4n) is 3.15. The molecule has 8 nitrogen and oxygen atoms in total. The van der Waals surface area contributed by atoms with Gasteiger partial charge in [-0.15, -0.1) is 0 Å². The molecule has 0 aliphatic rings. The zero-order chi connectivity index (χ0) is 22.3. The van der Waals surface area contributed by atoms with Gasteiger partial charge < -0.3 is 14.8 Å². The number of hydrogen-bond donors (Lipinski definition) is 2. The Kier molecular flexibility index (Phi) is 8.10. The molecule has 162 valence electrons. The number of ether oxygens (including phenoxy) is 2. The van der Waals surface area contributed by atoms with E-state index < -0.39 is 38.7 Å².